The molecule has 0 saturated heterocycles. The standard InChI is InChI=1S/C18H13N5O2S/c24-13-8-4-10-19-15(13)21-18(25)16-20-17(14-9-5-11-26-14)23(22-16)12-6-2-1-3-7-12/h1-11,24H,(H,19,21,25). The van der Waals surface area contributed by atoms with Crippen molar-refractivity contribution in [3.63, 3.8) is 0 Å². The Hall–Kier alpha value is -3.52. The fraction of sp³-hybridized carbons (Fsp3) is 0. The summed E-state index contributed by atoms with van der Waals surface area (Å²) < 4.78 is 1.62. The number of anilines is 1. The maximum atomic E-state index is 12.5. The molecule has 1 aromatic carbocycles. The van der Waals surface area contributed by atoms with E-state index in [0.717, 1.165) is 10.6 Å². The van der Waals surface area contributed by atoms with Gasteiger partial charge in [0, 0.05) is 6.20 Å². The Labute approximate surface area is 152 Å². The molecule has 0 saturated carbocycles. The molecule has 0 bridgehead atoms. The average molecular weight is 363 g/mol. The van der Waals surface area contributed by atoms with E-state index >= 15 is 0 Å². The largest absolute Gasteiger partial charge is 0.504 e. The lowest BCUT2D eigenvalue weighted by Gasteiger charge is -2.03. The van der Waals surface area contributed by atoms with Gasteiger partial charge in [-0.05, 0) is 35.7 Å². The zero-order valence-corrected chi connectivity index (χ0v) is 14.2. The number of carbonyl (C=O) groups excluding carboxylic acids is 1. The third kappa shape index (κ3) is 3.05. The van der Waals surface area contributed by atoms with E-state index in [1.54, 1.807) is 10.7 Å². The molecule has 2 N–H and O–H groups in total. The molecule has 0 spiro atoms. The number of carbonyl (C=O) groups is 1. The second kappa shape index (κ2) is 6.77. The molecule has 3 aromatic heterocycles. The molecule has 4 aromatic rings. The normalized spacial score (nSPS) is 10.6. The SMILES string of the molecule is O=C(Nc1ncccc1O)c1nc(-c2cccs2)n(-c2ccccc2)n1. The number of aromatic hydroxyl groups is 1. The van der Waals surface area contributed by atoms with Crippen LogP contribution in [0.5, 0.6) is 5.75 Å². The van der Waals surface area contributed by atoms with E-state index in [2.05, 4.69) is 20.4 Å². The van der Waals surface area contributed by atoms with Gasteiger partial charge >= 0.3 is 0 Å². The lowest BCUT2D eigenvalue weighted by atomic mass is 10.3. The van der Waals surface area contributed by atoms with Crippen LogP contribution in [0.4, 0.5) is 5.82 Å². The van der Waals surface area contributed by atoms with Gasteiger partial charge in [-0.1, -0.05) is 24.3 Å². The minimum atomic E-state index is -0.550. The molecule has 8 heteroatoms. The van der Waals surface area contributed by atoms with Crippen LogP contribution in [0.2, 0.25) is 0 Å². The molecule has 0 fully saturated rings. The van der Waals surface area contributed by atoms with E-state index in [0.29, 0.717) is 5.82 Å². The van der Waals surface area contributed by atoms with Crippen molar-refractivity contribution in [1.29, 1.82) is 0 Å². The minimum Gasteiger partial charge on any atom is -0.504 e. The zero-order valence-electron chi connectivity index (χ0n) is 13.4. The van der Waals surface area contributed by atoms with Crippen molar-refractivity contribution < 1.29 is 9.90 Å². The van der Waals surface area contributed by atoms with Crippen molar-refractivity contribution >= 4 is 23.1 Å². The molecule has 0 aliphatic rings. The smallest absolute Gasteiger partial charge is 0.296 e. The molecule has 26 heavy (non-hydrogen) atoms. The molecule has 1 amide bonds. The maximum absolute atomic E-state index is 12.5. The number of para-hydroxylation sites is 1. The molecular weight excluding hydrogens is 350 g/mol. The lowest BCUT2D eigenvalue weighted by Crippen LogP contribution is -2.15. The van der Waals surface area contributed by atoms with Crippen LogP contribution in [0.3, 0.4) is 0 Å². The fourth-order valence-corrected chi connectivity index (χ4v) is 3.08. The van der Waals surface area contributed by atoms with E-state index < -0.39 is 5.91 Å². The molecule has 128 valence electrons. The summed E-state index contributed by atoms with van der Waals surface area (Å²) in [6.07, 6.45) is 1.47. The quantitative estimate of drug-likeness (QED) is 0.580. The van der Waals surface area contributed by atoms with Gasteiger partial charge in [0.1, 0.15) is 0 Å². The molecule has 0 unspecified atom stereocenters. The summed E-state index contributed by atoms with van der Waals surface area (Å²) >= 11 is 1.51. The molecule has 4 rings (SSSR count). The van der Waals surface area contributed by atoms with Crippen LogP contribution in [0, 0.1) is 0 Å². The van der Waals surface area contributed by atoms with Crippen LogP contribution >= 0.6 is 11.3 Å². The molecule has 0 aliphatic carbocycles. The van der Waals surface area contributed by atoms with Crippen LogP contribution < -0.4 is 5.32 Å². The molecule has 0 aliphatic heterocycles. The van der Waals surface area contributed by atoms with Crippen LogP contribution in [-0.2, 0) is 0 Å². The summed E-state index contributed by atoms with van der Waals surface area (Å²) in [5, 5.41) is 18.6. The number of nitrogens with one attached hydrogen (secondary N) is 1. The Morgan fingerprint density at radius 2 is 1.92 bits per heavy atom. The van der Waals surface area contributed by atoms with Crippen molar-refractivity contribution in [2.75, 3.05) is 5.32 Å². The number of hydrogen-bond acceptors (Lipinski definition) is 6. The first kappa shape index (κ1) is 16.0. The summed E-state index contributed by atoms with van der Waals surface area (Å²) in [7, 11) is 0. The predicted octanol–water partition coefficient (Wildman–Crippen LogP) is 3.35. The number of benzene rings is 1. The maximum Gasteiger partial charge on any atom is 0.296 e. The van der Waals surface area contributed by atoms with E-state index in [4.69, 9.17) is 0 Å². The number of nitrogens with zero attached hydrogens (tertiary/aromatic N) is 4. The van der Waals surface area contributed by atoms with Gasteiger partial charge in [0.2, 0.25) is 5.82 Å². The number of rotatable bonds is 4. The van der Waals surface area contributed by atoms with Gasteiger partial charge in [0.25, 0.3) is 5.91 Å². The van der Waals surface area contributed by atoms with E-state index in [1.807, 2.05) is 47.8 Å². The minimum absolute atomic E-state index is 0.0118. The fourth-order valence-electron chi connectivity index (χ4n) is 2.38. The van der Waals surface area contributed by atoms with Gasteiger partial charge in [-0.2, -0.15) is 0 Å². The van der Waals surface area contributed by atoms with Gasteiger partial charge in [-0.15, -0.1) is 16.4 Å². The third-order valence-corrected chi connectivity index (χ3v) is 4.44. The Bertz CT molecular complexity index is 1040. The monoisotopic (exact) mass is 363 g/mol. The molecule has 0 radical (unpaired) electrons. The van der Waals surface area contributed by atoms with Gasteiger partial charge in [-0.3, -0.25) is 4.79 Å². The number of pyridine rings is 1. The highest BCUT2D eigenvalue weighted by Crippen LogP contribution is 2.26. The van der Waals surface area contributed by atoms with Crippen molar-refractivity contribution in [1.82, 2.24) is 19.7 Å². The van der Waals surface area contributed by atoms with Gasteiger partial charge in [0.15, 0.2) is 17.4 Å². The van der Waals surface area contributed by atoms with Crippen LogP contribution in [-0.4, -0.2) is 30.8 Å². The number of thiophene rings is 1. The average Bonchev–Trinajstić information content (AvgIpc) is 3.34. The first-order valence-electron chi connectivity index (χ1n) is 7.74. The van der Waals surface area contributed by atoms with E-state index in [-0.39, 0.29) is 17.4 Å². The zero-order chi connectivity index (χ0) is 17.9. The molecular formula is C18H13N5O2S. The Kier molecular flexibility index (Phi) is 4.16. The van der Waals surface area contributed by atoms with Gasteiger partial charge in [0.05, 0.1) is 10.6 Å². The summed E-state index contributed by atoms with van der Waals surface area (Å²) in [5.41, 5.74) is 0.795. The highest BCUT2D eigenvalue weighted by molar-refractivity contribution is 7.13. The Morgan fingerprint density at radius 3 is 2.65 bits per heavy atom. The van der Waals surface area contributed by atoms with Gasteiger partial charge in [-0.25, -0.2) is 14.6 Å². The first-order chi connectivity index (χ1) is 12.7. The summed E-state index contributed by atoms with van der Waals surface area (Å²) in [6, 6.07) is 16.3. The van der Waals surface area contributed by atoms with E-state index in [1.165, 1.54) is 23.6 Å². The lowest BCUT2D eigenvalue weighted by molar-refractivity contribution is 0.101. The first-order valence-corrected chi connectivity index (χ1v) is 8.62. The van der Waals surface area contributed by atoms with Crippen molar-refractivity contribution in [3.8, 4) is 22.1 Å². The third-order valence-electron chi connectivity index (χ3n) is 3.57. The highest BCUT2D eigenvalue weighted by atomic mass is 32.1. The number of amides is 1. The second-order valence-electron chi connectivity index (χ2n) is 5.31. The molecule has 0 atom stereocenters. The number of hydrogen-bond donors (Lipinski definition) is 2. The van der Waals surface area contributed by atoms with E-state index in [9.17, 15) is 9.90 Å². The van der Waals surface area contributed by atoms with Crippen molar-refractivity contribution in [3.05, 3.63) is 72.0 Å². The Balaban J connectivity index is 1.74. The summed E-state index contributed by atoms with van der Waals surface area (Å²) in [6.45, 7) is 0. The van der Waals surface area contributed by atoms with Crippen LogP contribution in [0.25, 0.3) is 16.4 Å². The predicted molar refractivity (Wildman–Crippen MR) is 98.5 cm³/mol. The van der Waals surface area contributed by atoms with Gasteiger partial charge < -0.3 is 10.4 Å². The topological polar surface area (TPSA) is 92.9 Å². The Morgan fingerprint density at radius 1 is 1.08 bits per heavy atom. The summed E-state index contributed by atoms with van der Waals surface area (Å²) in [4.78, 5) is 21.8. The van der Waals surface area contributed by atoms with Crippen molar-refractivity contribution in [2.45, 2.75) is 0 Å². The van der Waals surface area contributed by atoms with Crippen LogP contribution in [0.15, 0.2) is 66.2 Å². The highest BCUT2D eigenvalue weighted by Gasteiger charge is 2.20. The van der Waals surface area contributed by atoms with Crippen molar-refractivity contribution in [2.24, 2.45) is 0 Å². The summed E-state index contributed by atoms with van der Waals surface area (Å²) in [5.74, 6) is -0.0524. The second-order valence-corrected chi connectivity index (χ2v) is 6.26. The number of aromatic nitrogens is 4. The molecule has 7 nitrogen and oxygen atoms in total. The van der Waals surface area contributed by atoms with Crippen LogP contribution in [0.1, 0.15) is 10.6 Å². The molecule has 3 heterocycles.